The number of likely N-dealkylation sites (N-methyl/N-ethyl adjacent to an activating group) is 1. The lowest BCUT2D eigenvalue weighted by molar-refractivity contribution is 0.322. The average Bonchev–Trinajstić information content (AvgIpc) is 2.89. The molecule has 1 atom stereocenters. The van der Waals surface area contributed by atoms with E-state index in [4.69, 9.17) is 22.9 Å². The van der Waals surface area contributed by atoms with Gasteiger partial charge in [-0.1, -0.05) is 12.2 Å². The lowest BCUT2D eigenvalue weighted by Crippen LogP contribution is -2.32. The zero-order valence-electron chi connectivity index (χ0n) is 12.7. The number of nitrogens with two attached hydrogens (primary N) is 1. The fourth-order valence-electron chi connectivity index (χ4n) is 3.41. The summed E-state index contributed by atoms with van der Waals surface area (Å²) in [5.74, 6) is 0.878. The first-order valence-electron chi connectivity index (χ1n) is 7.92. The van der Waals surface area contributed by atoms with Crippen LogP contribution in [0.2, 0.25) is 0 Å². The summed E-state index contributed by atoms with van der Waals surface area (Å²) in [6, 6.07) is 2.74. The number of thiocarbonyl (C=S) groups is 1. The topological polar surface area (TPSA) is 54.2 Å². The Hall–Kier alpha value is -1.20. The third-order valence-corrected chi connectivity index (χ3v) is 4.96. The van der Waals surface area contributed by atoms with Gasteiger partial charge in [0.1, 0.15) is 10.8 Å². The van der Waals surface area contributed by atoms with Crippen molar-refractivity contribution < 1.29 is 0 Å². The summed E-state index contributed by atoms with van der Waals surface area (Å²) in [5.41, 5.74) is 9.36. The highest BCUT2D eigenvalue weighted by atomic mass is 32.1. The third-order valence-electron chi connectivity index (χ3n) is 4.74. The Morgan fingerprint density at radius 3 is 2.95 bits per heavy atom. The Morgan fingerprint density at radius 1 is 1.43 bits per heavy atom. The highest BCUT2D eigenvalue weighted by Gasteiger charge is 2.22. The van der Waals surface area contributed by atoms with Crippen molar-refractivity contribution in [3.8, 4) is 0 Å². The van der Waals surface area contributed by atoms with Crippen molar-refractivity contribution in [2.45, 2.75) is 44.6 Å². The van der Waals surface area contributed by atoms with Crippen LogP contribution in [0.25, 0.3) is 0 Å². The van der Waals surface area contributed by atoms with Gasteiger partial charge in [0.25, 0.3) is 0 Å². The van der Waals surface area contributed by atoms with E-state index in [0.29, 0.717) is 11.0 Å². The van der Waals surface area contributed by atoms with E-state index >= 15 is 0 Å². The molecule has 0 aromatic carbocycles. The number of hydrogen-bond acceptors (Lipinski definition) is 4. The van der Waals surface area contributed by atoms with Gasteiger partial charge in [-0.25, -0.2) is 4.98 Å². The van der Waals surface area contributed by atoms with Gasteiger partial charge in [0, 0.05) is 18.3 Å². The zero-order valence-corrected chi connectivity index (χ0v) is 13.5. The number of pyridine rings is 1. The Balaban J connectivity index is 1.80. The predicted octanol–water partition coefficient (Wildman–Crippen LogP) is 2.10. The van der Waals surface area contributed by atoms with Gasteiger partial charge < -0.3 is 16.0 Å². The molecular formula is C16H24N4S. The smallest absolute Gasteiger partial charge is 0.136 e. The molecular weight excluding hydrogens is 280 g/mol. The van der Waals surface area contributed by atoms with Crippen LogP contribution >= 0.6 is 12.2 Å². The maximum Gasteiger partial charge on any atom is 0.136 e. The third kappa shape index (κ3) is 3.19. The van der Waals surface area contributed by atoms with E-state index in [0.717, 1.165) is 30.8 Å². The van der Waals surface area contributed by atoms with E-state index in [-0.39, 0.29) is 0 Å². The van der Waals surface area contributed by atoms with E-state index < -0.39 is 0 Å². The molecule has 1 saturated heterocycles. The number of aryl methyl sites for hydroxylation is 2. The number of rotatable bonds is 4. The molecule has 1 aliphatic heterocycles. The van der Waals surface area contributed by atoms with Crippen LogP contribution in [0.1, 0.15) is 42.5 Å². The van der Waals surface area contributed by atoms with Crippen LogP contribution in [0.3, 0.4) is 0 Å². The second-order valence-electron chi connectivity index (χ2n) is 6.22. The Morgan fingerprint density at radius 2 is 2.24 bits per heavy atom. The lowest BCUT2D eigenvalue weighted by atomic mass is 9.94. The largest absolute Gasteiger partial charge is 0.389 e. The highest BCUT2D eigenvalue weighted by Crippen LogP contribution is 2.25. The monoisotopic (exact) mass is 304 g/mol. The van der Waals surface area contributed by atoms with Crippen LogP contribution in [0, 0.1) is 0 Å². The van der Waals surface area contributed by atoms with Crippen LogP contribution in [0.5, 0.6) is 0 Å². The molecule has 1 aromatic heterocycles. The number of aromatic nitrogens is 1. The number of nitrogens with zero attached hydrogens (tertiary/aromatic N) is 2. The predicted molar refractivity (Wildman–Crippen MR) is 90.9 cm³/mol. The van der Waals surface area contributed by atoms with Crippen LogP contribution in [0.4, 0.5) is 5.82 Å². The summed E-state index contributed by atoms with van der Waals surface area (Å²) < 4.78 is 0. The van der Waals surface area contributed by atoms with Gasteiger partial charge in [-0.05, 0) is 63.7 Å². The molecule has 0 radical (unpaired) electrons. The molecule has 3 rings (SSSR count). The van der Waals surface area contributed by atoms with Crippen molar-refractivity contribution in [2.75, 3.05) is 25.5 Å². The summed E-state index contributed by atoms with van der Waals surface area (Å²) in [7, 11) is 2.19. The van der Waals surface area contributed by atoms with Crippen molar-refractivity contribution in [1.82, 2.24) is 9.88 Å². The molecule has 1 aromatic rings. The first kappa shape index (κ1) is 14.7. The van der Waals surface area contributed by atoms with E-state index in [1.54, 1.807) is 0 Å². The first-order valence-corrected chi connectivity index (χ1v) is 8.32. The molecule has 0 saturated carbocycles. The van der Waals surface area contributed by atoms with Gasteiger partial charge in [-0.15, -0.1) is 0 Å². The van der Waals surface area contributed by atoms with Crippen molar-refractivity contribution in [2.24, 2.45) is 5.73 Å². The summed E-state index contributed by atoms with van der Waals surface area (Å²) in [4.78, 5) is 7.67. The minimum atomic E-state index is 0.443. The van der Waals surface area contributed by atoms with Gasteiger partial charge in [-0.2, -0.15) is 0 Å². The summed E-state index contributed by atoms with van der Waals surface area (Å²) in [5, 5.41) is 3.50. The standard InChI is InChI=1S/C16H24N4S/c1-20-8-4-6-12(20)10-18-16-13(15(17)21)9-11-5-2-3-7-14(11)19-16/h9,12H,2-8,10H2,1H3,(H2,17,21)(H,18,19). The molecule has 1 aliphatic carbocycles. The minimum absolute atomic E-state index is 0.443. The Labute approximate surface area is 132 Å². The number of likely N-dealkylation sites (tertiary alicyclic amines) is 1. The molecule has 0 spiro atoms. The summed E-state index contributed by atoms with van der Waals surface area (Å²) >= 11 is 5.21. The normalized spacial score (nSPS) is 22.0. The first-order chi connectivity index (χ1) is 10.1. The van der Waals surface area contributed by atoms with Crippen LogP contribution in [-0.4, -0.2) is 41.1 Å². The molecule has 0 amide bonds. The second-order valence-corrected chi connectivity index (χ2v) is 6.66. The molecule has 114 valence electrons. The van der Waals surface area contributed by atoms with E-state index in [2.05, 4.69) is 23.3 Å². The van der Waals surface area contributed by atoms with E-state index in [1.165, 1.54) is 43.5 Å². The van der Waals surface area contributed by atoms with Crippen LogP contribution in [-0.2, 0) is 12.8 Å². The molecule has 2 aliphatic rings. The summed E-state index contributed by atoms with van der Waals surface area (Å²) in [6.45, 7) is 2.10. The molecule has 0 bridgehead atoms. The maximum atomic E-state index is 5.90. The highest BCUT2D eigenvalue weighted by molar-refractivity contribution is 7.80. The Kier molecular flexibility index (Phi) is 4.40. The van der Waals surface area contributed by atoms with Crippen LogP contribution in [0.15, 0.2) is 6.07 Å². The molecule has 3 N–H and O–H groups in total. The quantitative estimate of drug-likeness (QED) is 0.834. The number of hydrogen-bond donors (Lipinski definition) is 2. The van der Waals surface area contributed by atoms with Crippen LogP contribution < -0.4 is 11.1 Å². The van der Waals surface area contributed by atoms with Gasteiger partial charge in [0.15, 0.2) is 0 Å². The summed E-state index contributed by atoms with van der Waals surface area (Å²) in [6.07, 6.45) is 7.18. The Bertz CT molecular complexity index is 543. The van der Waals surface area contributed by atoms with Crippen molar-refractivity contribution in [3.63, 3.8) is 0 Å². The van der Waals surface area contributed by atoms with Crippen molar-refractivity contribution in [1.29, 1.82) is 0 Å². The second kappa shape index (κ2) is 6.28. The van der Waals surface area contributed by atoms with Gasteiger partial charge in [0.05, 0.1) is 5.56 Å². The average molecular weight is 304 g/mol. The van der Waals surface area contributed by atoms with Gasteiger partial charge in [0.2, 0.25) is 0 Å². The van der Waals surface area contributed by atoms with Gasteiger partial charge >= 0.3 is 0 Å². The van der Waals surface area contributed by atoms with E-state index in [9.17, 15) is 0 Å². The fourth-order valence-corrected chi connectivity index (χ4v) is 3.56. The number of anilines is 1. The van der Waals surface area contributed by atoms with Gasteiger partial charge in [-0.3, -0.25) is 0 Å². The lowest BCUT2D eigenvalue weighted by Gasteiger charge is -2.23. The van der Waals surface area contributed by atoms with E-state index in [1.807, 2.05) is 0 Å². The molecule has 1 fully saturated rings. The molecule has 1 unspecified atom stereocenters. The molecule has 4 nitrogen and oxygen atoms in total. The number of nitrogens with one attached hydrogen (secondary N) is 1. The zero-order chi connectivity index (χ0) is 14.8. The SMILES string of the molecule is CN1CCCC1CNc1nc2c(cc1C(N)=S)CCCC2. The molecule has 2 heterocycles. The molecule has 5 heteroatoms. The minimum Gasteiger partial charge on any atom is -0.389 e. The number of fused-ring (bicyclic) bond motifs is 1. The van der Waals surface area contributed by atoms with Crippen molar-refractivity contribution in [3.05, 3.63) is 22.9 Å². The molecule has 21 heavy (non-hydrogen) atoms. The maximum absolute atomic E-state index is 5.90. The van der Waals surface area contributed by atoms with Crippen molar-refractivity contribution >= 4 is 23.0 Å². The fraction of sp³-hybridized carbons (Fsp3) is 0.625.